The van der Waals surface area contributed by atoms with Gasteiger partial charge in [0.15, 0.2) is 9.04 Å². The summed E-state index contributed by atoms with van der Waals surface area (Å²) in [7, 11) is 0.430. The minimum atomic E-state index is -1.27. The van der Waals surface area contributed by atoms with Crippen LogP contribution >= 0.6 is 22.9 Å². The summed E-state index contributed by atoms with van der Waals surface area (Å²) in [6.45, 7) is 11.6. The maximum atomic E-state index is 13.5. The molecule has 0 aliphatic carbocycles. The zero-order chi connectivity index (χ0) is 27.0. The summed E-state index contributed by atoms with van der Waals surface area (Å²) in [5.41, 5.74) is 5.01. The fraction of sp³-hybridized carbons (Fsp3) is 0.448. The minimum Gasteiger partial charge on any atom is -0.495 e. The van der Waals surface area contributed by atoms with Crippen LogP contribution in [0.4, 0.5) is 11.4 Å². The van der Waals surface area contributed by atoms with Crippen molar-refractivity contribution >= 4 is 49.3 Å². The number of benzene rings is 2. The molecule has 3 aromatic rings. The van der Waals surface area contributed by atoms with Gasteiger partial charge >= 0.3 is 0 Å². The van der Waals surface area contributed by atoms with E-state index in [1.807, 2.05) is 41.3 Å². The summed E-state index contributed by atoms with van der Waals surface area (Å²) in [5.74, 6) is 0.779. The van der Waals surface area contributed by atoms with Crippen LogP contribution in [0.1, 0.15) is 49.5 Å². The van der Waals surface area contributed by atoms with Gasteiger partial charge in [0.05, 0.1) is 24.6 Å². The second kappa shape index (κ2) is 11.4. The Labute approximate surface area is 236 Å². The SMILES string of the molecule is COc1cc(N2CCc3nc(-c4ccc(Cl)cc4)sc3C2=O)ccc1N1CCC(O[SiH](C(C)C)C(C)C)C1. The standard InChI is InChI=1S/C29H36ClN3O3SSi/c1-18(2)38(19(3)4)36-23-12-14-32(17-23)25-11-10-22(16-26(25)35-5)33-15-13-24-27(29(33)34)37-28(31-24)20-6-8-21(30)9-7-20/h6-11,16,18-19,23,38H,12-15,17H2,1-5H3. The molecule has 0 bridgehead atoms. The Bertz CT molecular complexity index is 1290. The maximum absolute atomic E-state index is 13.5. The first-order valence-corrected chi connectivity index (χ1v) is 16.4. The molecule has 1 unspecified atom stereocenters. The number of aromatic nitrogens is 1. The number of nitrogens with zero attached hydrogens (tertiary/aromatic N) is 3. The Hall–Kier alpha value is -2.39. The fourth-order valence-electron chi connectivity index (χ4n) is 5.55. The molecule has 2 aromatic carbocycles. The Morgan fingerprint density at radius 3 is 2.50 bits per heavy atom. The van der Waals surface area contributed by atoms with Crippen molar-refractivity contribution in [2.24, 2.45) is 0 Å². The van der Waals surface area contributed by atoms with Gasteiger partial charge in [0.25, 0.3) is 5.91 Å². The monoisotopic (exact) mass is 569 g/mol. The lowest BCUT2D eigenvalue weighted by Crippen LogP contribution is -2.37. The number of methoxy groups -OCH3 is 1. The molecule has 5 rings (SSSR count). The van der Waals surface area contributed by atoms with Gasteiger partial charge in [0, 0.05) is 48.4 Å². The zero-order valence-corrected chi connectivity index (χ0v) is 25.5. The molecule has 0 radical (unpaired) electrons. The van der Waals surface area contributed by atoms with E-state index in [0.29, 0.717) is 27.5 Å². The van der Waals surface area contributed by atoms with Crippen LogP contribution in [0, 0.1) is 0 Å². The van der Waals surface area contributed by atoms with Crippen LogP contribution in [0.5, 0.6) is 5.75 Å². The summed E-state index contributed by atoms with van der Waals surface area (Å²) in [4.78, 5) is 23.2. The van der Waals surface area contributed by atoms with Crippen molar-refractivity contribution in [1.82, 2.24) is 4.98 Å². The average molecular weight is 570 g/mol. The topological polar surface area (TPSA) is 54.9 Å². The van der Waals surface area contributed by atoms with E-state index in [1.54, 1.807) is 7.11 Å². The number of carbonyl (C=O) groups is 1. The van der Waals surface area contributed by atoms with E-state index in [9.17, 15) is 4.79 Å². The number of hydrogen-bond acceptors (Lipinski definition) is 6. The van der Waals surface area contributed by atoms with Crippen LogP contribution in [0.15, 0.2) is 42.5 Å². The third kappa shape index (κ3) is 5.50. The van der Waals surface area contributed by atoms with E-state index in [-0.39, 0.29) is 12.0 Å². The molecular weight excluding hydrogens is 534 g/mol. The van der Waals surface area contributed by atoms with Gasteiger partial charge in [0.2, 0.25) is 0 Å². The van der Waals surface area contributed by atoms with Crippen LogP contribution in [-0.2, 0) is 10.8 Å². The van der Waals surface area contributed by atoms with Crippen molar-refractivity contribution in [2.75, 3.05) is 36.5 Å². The highest BCUT2D eigenvalue weighted by molar-refractivity contribution is 7.17. The Kier molecular flexibility index (Phi) is 8.14. The van der Waals surface area contributed by atoms with Gasteiger partial charge in [-0.15, -0.1) is 11.3 Å². The van der Waals surface area contributed by atoms with E-state index in [4.69, 9.17) is 25.7 Å². The van der Waals surface area contributed by atoms with Crippen molar-refractivity contribution in [2.45, 2.75) is 57.7 Å². The third-order valence-corrected chi connectivity index (χ3v) is 12.1. The van der Waals surface area contributed by atoms with Crippen molar-refractivity contribution < 1.29 is 14.0 Å². The average Bonchev–Trinajstić information content (AvgIpc) is 3.55. The lowest BCUT2D eigenvalue weighted by atomic mass is 10.1. The molecule has 2 aliphatic rings. The number of amides is 1. The molecule has 0 N–H and O–H groups in total. The van der Waals surface area contributed by atoms with Gasteiger partial charge in [-0.2, -0.15) is 0 Å². The lowest BCUT2D eigenvalue weighted by Gasteiger charge is -2.29. The van der Waals surface area contributed by atoms with Gasteiger partial charge in [0.1, 0.15) is 15.6 Å². The van der Waals surface area contributed by atoms with Crippen molar-refractivity contribution in [3.8, 4) is 16.3 Å². The first-order chi connectivity index (χ1) is 18.2. The Balaban J connectivity index is 1.32. The smallest absolute Gasteiger partial charge is 0.270 e. The predicted octanol–water partition coefficient (Wildman–Crippen LogP) is 6.81. The number of thiazole rings is 1. The molecule has 202 valence electrons. The molecule has 3 heterocycles. The maximum Gasteiger partial charge on any atom is 0.270 e. The summed E-state index contributed by atoms with van der Waals surface area (Å²) < 4.78 is 12.5. The normalized spacial score (nSPS) is 17.7. The molecule has 6 nitrogen and oxygen atoms in total. The summed E-state index contributed by atoms with van der Waals surface area (Å²) in [6, 6.07) is 13.7. The summed E-state index contributed by atoms with van der Waals surface area (Å²) in [6.07, 6.45) is 2.02. The molecule has 9 heteroatoms. The zero-order valence-electron chi connectivity index (χ0n) is 22.7. The van der Waals surface area contributed by atoms with Crippen molar-refractivity contribution in [3.63, 3.8) is 0 Å². The van der Waals surface area contributed by atoms with Gasteiger partial charge in [-0.05, 0) is 41.8 Å². The molecule has 1 saturated heterocycles. The van der Waals surface area contributed by atoms with Crippen LogP contribution in [0.25, 0.3) is 10.6 Å². The highest BCUT2D eigenvalue weighted by Crippen LogP contribution is 2.38. The number of ether oxygens (including phenoxy) is 1. The highest BCUT2D eigenvalue weighted by Gasteiger charge is 2.33. The summed E-state index contributed by atoms with van der Waals surface area (Å²) in [5, 5.41) is 1.53. The highest BCUT2D eigenvalue weighted by atomic mass is 35.5. The van der Waals surface area contributed by atoms with E-state index in [0.717, 1.165) is 59.3 Å². The molecular formula is C29H36ClN3O3SSi. The molecule has 1 amide bonds. The quantitative estimate of drug-likeness (QED) is 0.279. The molecule has 0 saturated carbocycles. The van der Waals surface area contributed by atoms with E-state index < -0.39 is 9.04 Å². The number of fused-ring (bicyclic) bond motifs is 1. The van der Waals surface area contributed by atoms with Gasteiger partial charge in [-0.3, -0.25) is 4.79 Å². The number of carbonyl (C=O) groups excluding carboxylic acids is 1. The summed E-state index contributed by atoms with van der Waals surface area (Å²) >= 11 is 7.49. The molecule has 1 fully saturated rings. The van der Waals surface area contributed by atoms with Crippen molar-refractivity contribution in [1.29, 1.82) is 0 Å². The van der Waals surface area contributed by atoms with Crippen LogP contribution < -0.4 is 14.5 Å². The third-order valence-electron chi connectivity index (χ3n) is 7.42. The number of anilines is 2. The molecule has 0 spiro atoms. The van der Waals surface area contributed by atoms with Crippen LogP contribution in [0.2, 0.25) is 16.1 Å². The van der Waals surface area contributed by atoms with E-state index in [1.165, 1.54) is 11.3 Å². The molecule has 2 aliphatic heterocycles. The first kappa shape index (κ1) is 27.2. The second-order valence-corrected chi connectivity index (χ2v) is 16.1. The van der Waals surface area contributed by atoms with E-state index >= 15 is 0 Å². The van der Waals surface area contributed by atoms with E-state index in [2.05, 4.69) is 38.7 Å². The largest absolute Gasteiger partial charge is 0.495 e. The number of rotatable bonds is 8. The molecule has 38 heavy (non-hydrogen) atoms. The molecule has 1 aromatic heterocycles. The predicted molar refractivity (Wildman–Crippen MR) is 160 cm³/mol. The van der Waals surface area contributed by atoms with Gasteiger partial charge in [-0.25, -0.2) is 4.98 Å². The van der Waals surface area contributed by atoms with Crippen molar-refractivity contribution in [3.05, 3.63) is 58.1 Å². The fourth-order valence-corrected chi connectivity index (χ4v) is 9.58. The number of hydrogen-bond donors (Lipinski definition) is 0. The van der Waals surface area contributed by atoms with Gasteiger partial charge < -0.3 is 19.0 Å². The Morgan fingerprint density at radius 1 is 1.08 bits per heavy atom. The Morgan fingerprint density at radius 2 is 1.82 bits per heavy atom. The number of halogens is 1. The second-order valence-electron chi connectivity index (χ2n) is 10.8. The van der Waals surface area contributed by atoms with Gasteiger partial charge in [-0.1, -0.05) is 51.4 Å². The van der Waals surface area contributed by atoms with Crippen LogP contribution in [-0.4, -0.2) is 52.8 Å². The first-order valence-electron chi connectivity index (χ1n) is 13.4. The minimum absolute atomic E-state index is 0.00762. The molecule has 1 atom stereocenters. The lowest BCUT2D eigenvalue weighted by molar-refractivity contribution is 0.0984. The van der Waals surface area contributed by atoms with Crippen LogP contribution in [0.3, 0.4) is 0 Å².